The Morgan fingerprint density at radius 1 is 1.39 bits per heavy atom. The van der Waals surface area contributed by atoms with Crippen LogP contribution in [0.4, 0.5) is 11.4 Å². The molecule has 0 atom stereocenters. The van der Waals surface area contributed by atoms with Crippen LogP contribution in [0.15, 0.2) is 18.2 Å². The molecular weight excluding hydrogens is 300 g/mol. The first-order valence-corrected chi connectivity index (χ1v) is 7.66. The highest BCUT2D eigenvalue weighted by Crippen LogP contribution is 2.24. The molecule has 0 aromatic heterocycles. The van der Waals surface area contributed by atoms with Crippen molar-refractivity contribution < 1.29 is 14.5 Å². The Morgan fingerprint density at radius 3 is 2.78 bits per heavy atom. The zero-order chi connectivity index (χ0) is 16.7. The van der Waals surface area contributed by atoms with Gasteiger partial charge in [0, 0.05) is 38.3 Å². The number of hydrogen-bond acceptors (Lipinski definition) is 6. The van der Waals surface area contributed by atoms with Crippen molar-refractivity contribution in [3.8, 4) is 0 Å². The predicted octanol–water partition coefficient (Wildman–Crippen LogP) is 1.09. The summed E-state index contributed by atoms with van der Waals surface area (Å²) in [5.74, 6) is -0.294. The van der Waals surface area contributed by atoms with E-state index in [1.165, 1.54) is 6.07 Å². The third-order valence-corrected chi connectivity index (χ3v) is 3.77. The molecule has 0 spiro atoms. The summed E-state index contributed by atoms with van der Waals surface area (Å²) in [6.45, 7) is 4.80. The molecule has 1 fully saturated rings. The molecule has 1 amide bonds. The van der Waals surface area contributed by atoms with Crippen LogP contribution in [-0.4, -0.2) is 62.2 Å². The van der Waals surface area contributed by atoms with Gasteiger partial charge in [0.05, 0.1) is 18.1 Å². The molecule has 0 aliphatic carbocycles. The number of anilines is 1. The number of morpholine rings is 1. The van der Waals surface area contributed by atoms with E-state index in [0.29, 0.717) is 17.8 Å². The summed E-state index contributed by atoms with van der Waals surface area (Å²) in [5, 5.41) is 16.6. The number of hydrogen-bond donors (Lipinski definition) is 2. The molecule has 1 saturated heterocycles. The van der Waals surface area contributed by atoms with Crippen molar-refractivity contribution in [1.82, 2.24) is 10.2 Å². The topological polar surface area (TPSA) is 96.7 Å². The molecule has 8 nitrogen and oxygen atoms in total. The Balaban J connectivity index is 1.83. The van der Waals surface area contributed by atoms with Crippen LogP contribution < -0.4 is 10.6 Å². The van der Waals surface area contributed by atoms with Gasteiger partial charge in [0.15, 0.2) is 0 Å². The molecule has 1 aliphatic rings. The molecule has 1 heterocycles. The summed E-state index contributed by atoms with van der Waals surface area (Å²) >= 11 is 0. The number of benzene rings is 1. The van der Waals surface area contributed by atoms with Crippen molar-refractivity contribution in [1.29, 1.82) is 0 Å². The van der Waals surface area contributed by atoms with Crippen LogP contribution in [0, 0.1) is 10.1 Å². The highest BCUT2D eigenvalue weighted by molar-refractivity contribution is 5.95. The maximum atomic E-state index is 12.1. The van der Waals surface area contributed by atoms with Crippen LogP contribution in [0.5, 0.6) is 0 Å². The summed E-state index contributed by atoms with van der Waals surface area (Å²) in [7, 11) is 1.60. The average molecular weight is 322 g/mol. The molecule has 2 rings (SSSR count). The molecule has 23 heavy (non-hydrogen) atoms. The normalized spacial score (nSPS) is 15.2. The second-order valence-electron chi connectivity index (χ2n) is 5.30. The monoisotopic (exact) mass is 322 g/mol. The van der Waals surface area contributed by atoms with E-state index in [-0.39, 0.29) is 11.6 Å². The minimum Gasteiger partial charge on any atom is -0.383 e. The van der Waals surface area contributed by atoms with Crippen molar-refractivity contribution in [2.24, 2.45) is 0 Å². The van der Waals surface area contributed by atoms with E-state index >= 15 is 0 Å². The minimum absolute atomic E-state index is 0.103. The van der Waals surface area contributed by atoms with E-state index in [4.69, 9.17) is 4.74 Å². The van der Waals surface area contributed by atoms with Gasteiger partial charge in [-0.2, -0.15) is 0 Å². The Bertz CT molecular complexity index is 558. The fourth-order valence-corrected chi connectivity index (χ4v) is 2.47. The van der Waals surface area contributed by atoms with Gasteiger partial charge in [-0.15, -0.1) is 0 Å². The second kappa shape index (κ2) is 8.44. The summed E-state index contributed by atoms with van der Waals surface area (Å²) in [5.41, 5.74) is 0.578. The highest BCUT2D eigenvalue weighted by atomic mass is 16.6. The number of carbonyl (C=O) groups is 1. The van der Waals surface area contributed by atoms with Crippen LogP contribution in [0.25, 0.3) is 0 Å². The third kappa shape index (κ3) is 4.90. The molecule has 2 N–H and O–H groups in total. The summed E-state index contributed by atoms with van der Waals surface area (Å²) in [6.07, 6.45) is 0.836. The molecule has 0 radical (unpaired) electrons. The van der Waals surface area contributed by atoms with E-state index in [1.807, 2.05) is 0 Å². The standard InChI is InChI=1S/C15H22N4O4/c1-16-13-4-3-12(11-14(13)19(21)22)15(20)17-5-2-6-18-7-9-23-10-8-18/h3-4,11,16H,2,5-10H2,1H3,(H,17,20). The van der Waals surface area contributed by atoms with Gasteiger partial charge in [-0.25, -0.2) is 0 Å². The van der Waals surface area contributed by atoms with E-state index in [0.717, 1.165) is 39.3 Å². The summed E-state index contributed by atoms with van der Waals surface area (Å²) in [6, 6.07) is 4.42. The number of ether oxygens (including phenoxy) is 1. The van der Waals surface area contributed by atoms with Gasteiger partial charge in [0.25, 0.3) is 11.6 Å². The van der Waals surface area contributed by atoms with Crippen LogP contribution >= 0.6 is 0 Å². The molecule has 0 unspecified atom stereocenters. The molecule has 1 aliphatic heterocycles. The first-order chi connectivity index (χ1) is 11.1. The lowest BCUT2D eigenvalue weighted by Gasteiger charge is -2.26. The molecule has 1 aromatic rings. The quantitative estimate of drug-likeness (QED) is 0.443. The van der Waals surface area contributed by atoms with Crippen LogP contribution in [0.3, 0.4) is 0 Å². The van der Waals surface area contributed by atoms with Crippen LogP contribution in [0.1, 0.15) is 16.8 Å². The molecular formula is C15H22N4O4. The lowest BCUT2D eigenvalue weighted by Crippen LogP contribution is -2.38. The van der Waals surface area contributed by atoms with Gasteiger partial charge in [-0.3, -0.25) is 19.8 Å². The zero-order valence-electron chi connectivity index (χ0n) is 13.2. The van der Waals surface area contributed by atoms with E-state index in [1.54, 1.807) is 19.2 Å². The van der Waals surface area contributed by atoms with Gasteiger partial charge >= 0.3 is 0 Å². The lowest BCUT2D eigenvalue weighted by atomic mass is 10.1. The van der Waals surface area contributed by atoms with Crippen LogP contribution in [-0.2, 0) is 4.74 Å². The number of nitro benzene ring substituents is 1. The van der Waals surface area contributed by atoms with Crippen molar-refractivity contribution in [2.75, 3.05) is 51.8 Å². The molecule has 8 heteroatoms. The number of rotatable bonds is 7. The van der Waals surface area contributed by atoms with Crippen molar-refractivity contribution in [3.05, 3.63) is 33.9 Å². The van der Waals surface area contributed by atoms with E-state index in [2.05, 4.69) is 15.5 Å². The third-order valence-electron chi connectivity index (χ3n) is 3.77. The molecule has 126 valence electrons. The fourth-order valence-electron chi connectivity index (χ4n) is 2.47. The number of nitrogens with zero attached hydrogens (tertiary/aromatic N) is 2. The average Bonchev–Trinajstić information content (AvgIpc) is 2.58. The summed E-state index contributed by atoms with van der Waals surface area (Å²) in [4.78, 5) is 24.9. The minimum atomic E-state index is -0.499. The van der Waals surface area contributed by atoms with Gasteiger partial charge in [0.1, 0.15) is 5.69 Å². The molecule has 1 aromatic carbocycles. The van der Waals surface area contributed by atoms with Crippen molar-refractivity contribution >= 4 is 17.3 Å². The molecule has 0 saturated carbocycles. The first kappa shape index (κ1) is 17.2. The molecule has 0 bridgehead atoms. The maximum absolute atomic E-state index is 12.1. The Kier molecular flexibility index (Phi) is 6.30. The number of carbonyl (C=O) groups excluding carboxylic acids is 1. The highest BCUT2D eigenvalue weighted by Gasteiger charge is 2.16. The van der Waals surface area contributed by atoms with E-state index in [9.17, 15) is 14.9 Å². The smallest absolute Gasteiger partial charge is 0.293 e. The largest absolute Gasteiger partial charge is 0.383 e. The first-order valence-electron chi connectivity index (χ1n) is 7.66. The maximum Gasteiger partial charge on any atom is 0.293 e. The van der Waals surface area contributed by atoms with Crippen LogP contribution in [0.2, 0.25) is 0 Å². The van der Waals surface area contributed by atoms with Crippen molar-refractivity contribution in [2.45, 2.75) is 6.42 Å². The summed E-state index contributed by atoms with van der Waals surface area (Å²) < 4.78 is 5.28. The Labute approximate surface area is 134 Å². The van der Waals surface area contributed by atoms with Gasteiger partial charge < -0.3 is 15.4 Å². The van der Waals surface area contributed by atoms with E-state index < -0.39 is 4.92 Å². The van der Waals surface area contributed by atoms with Crippen molar-refractivity contribution in [3.63, 3.8) is 0 Å². The predicted molar refractivity (Wildman–Crippen MR) is 86.9 cm³/mol. The Hall–Kier alpha value is -2.19. The SMILES string of the molecule is CNc1ccc(C(=O)NCCCN2CCOCC2)cc1[N+](=O)[O-]. The zero-order valence-corrected chi connectivity index (χ0v) is 13.2. The Morgan fingerprint density at radius 2 is 2.13 bits per heavy atom. The van der Waals surface area contributed by atoms with Gasteiger partial charge in [0.2, 0.25) is 0 Å². The fraction of sp³-hybridized carbons (Fsp3) is 0.533. The second-order valence-corrected chi connectivity index (χ2v) is 5.30. The number of nitrogens with one attached hydrogen (secondary N) is 2. The lowest BCUT2D eigenvalue weighted by molar-refractivity contribution is -0.384. The number of amides is 1. The number of nitro groups is 1. The van der Waals surface area contributed by atoms with Gasteiger partial charge in [-0.05, 0) is 25.1 Å². The van der Waals surface area contributed by atoms with Gasteiger partial charge in [-0.1, -0.05) is 0 Å².